The van der Waals surface area contributed by atoms with E-state index in [2.05, 4.69) is 34.5 Å². The van der Waals surface area contributed by atoms with Crippen LogP contribution < -0.4 is 5.32 Å². The summed E-state index contributed by atoms with van der Waals surface area (Å²) in [6.07, 6.45) is 5.82. The van der Waals surface area contributed by atoms with Crippen LogP contribution in [0.15, 0.2) is 24.3 Å². The first-order valence-electron chi connectivity index (χ1n) is 7.94. The van der Waals surface area contributed by atoms with Crippen LogP contribution in [-0.4, -0.2) is 36.0 Å². The van der Waals surface area contributed by atoms with Gasteiger partial charge in [-0.2, -0.15) is 0 Å². The van der Waals surface area contributed by atoms with Gasteiger partial charge in [0, 0.05) is 18.6 Å². The average Bonchev–Trinajstić information content (AvgIpc) is 3.14. The van der Waals surface area contributed by atoms with Crippen LogP contribution in [0.1, 0.15) is 42.7 Å². The first-order valence-corrected chi connectivity index (χ1v) is 7.94. The monoisotopic (exact) mass is 270 g/mol. The van der Waals surface area contributed by atoms with Crippen molar-refractivity contribution in [2.45, 2.75) is 50.1 Å². The molecule has 0 bridgehead atoms. The van der Waals surface area contributed by atoms with Gasteiger partial charge in [-0.3, -0.25) is 4.79 Å². The van der Waals surface area contributed by atoms with E-state index in [9.17, 15) is 4.79 Å². The largest absolute Gasteiger partial charge is 0.338 e. The third-order valence-electron chi connectivity index (χ3n) is 5.00. The first kappa shape index (κ1) is 12.4. The molecule has 2 aliphatic carbocycles. The van der Waals surface area contributed by atoms with Crippen molar-refractivity contribution in [2.75, 3.05) is 13.1 Å². The molecule has 3 nitrogen and oxygen atoms in total. The van der Waals surface area contributed by atoms with Gasteiger partial charge in [-0.1, -0.05) is 24.3 Å². The second-order valence-corrected chi connectivity index (χ2v) is 6.47. The number of benzene rings is 1. The number of fused-ring (bicyclic) bond motifs is 1. The Labute approximate surface area is 120 Å². The minimum absolute atomic E-state index is 0.133. The summed E-state index contributed by atoms with van der Waals surface area (Å²) < 4.78 is 0. The molecule has 106 valence electrons. The maximum Gasteiger partial charge on any atom is 0.230 e. The zero-order chi connectivity index (χ0) is 13.5. The highest BCUT2D eigenvalue weighted by atomic mass is 16.2. The third-order valence-corrected chi connectivity index (χ3v) is 5.00. The number of nitrogens with zero attached hydrogens (tertiary/aromatic N) is 1. The quantitative estimate of drug-likeness (QED) is 0.908. The molecule has 1 saturated carbocycles. The van der Waals surface area contributed by atoms with E-state index >= 15 is 0 Å². The van der Waals surface area contributed by atoms with Crippen LogP contribution in [0.2, 0.25) is 0 Å². The van der Waals surface area contributed by atoms with E-state index in [4.69, 9.17) is 0 Å². The molecule has 2 atom stereocenters. The van der Waals surface area contributed by atoms with Gasteiger partial charge in [0.2, 0.25) is 5.91 Å². The minimum Gasteiger partial charge on any atom is -0.338 e. The fourth-order valence-electron chi connectivity index (χ4n) is 3.63. The Morgan fingerprint density at radius 2 is 2.10 bits per heavy atom. The molecule has 20 heavy (non-hydrogen) atoms. The van der Waals surface area contributed by atoms with Crippen molar-refractivity contribution in [2.24, 2.45) is 0 Å². The fraction of sp³-hybridized carbons (Fsp3) is 0.588. The summed E-state index contributed by atoms with van der Waals surface area (Å²) in [5, 5.41) is 3.52. The van der Waals surface area contributed by atoms with Crippen LogP contribution in [0.25, 0.3) is 0 Å². The molecule has 2 fully saturated rings. The van der Waals surface area contributed by atoms with Crippen molar-refractivity contribution in [1.82, 2.24) is 10.2 Å². The maximum atomic E-state index is 12.9. The van der Waals surface area contributed by atoms with Gasteiger partial charge < -0.3 is 10.2 Å². The molecule has 3 heteroatoms. The van der Waals surface area contributed by atoms with Crippen LogP contribution >= 0.6 is 0 Å². The lowest BCUT2D eigenvalue weighted by Crippen LogP contribution is -2.46. The van der Waals surface area contributed by atoms with Crippen molar-refractivity contribution in [3.05, 3.63) is 35.4 Å². The summed E-state index contributed by atoms with van der Waals surface area (Å²) in [5.41, 5.74) is 2.63. The Hall–Kier alpha value is -1.35. The Bertz CT molecular complexity index is 517. The highest BCUT2D eigenvalue weighted by Crippen LogP contribution is 2.39. The van der Waals surface area contributed by atoms with E-state index in [0.29, 0.717) is 18.0 Å². The van der Waals surface area contributed by atoms with Gasteiger partial charge in [0.15, 0.2) is 0 Å². The van der Waals surface area contributed by atoms with Crippen LogP contribution in [0.4, 0.5) is 0 Å². The average molecular weight is 270 g/mol. The van der Waals surface area contributed by atoms with Crippen LogP contribution in [0, 0.1) is 0 Å². The topological polar surface area (TPSA) is 32.3 Å². The number of amides is 1. The van der Waals surface area contributed by atoms with E-state index in [-0.39, 0.29) is 5.92 Å². The normalized spacial score (nSPS) is 27.8. The summed E-state index contributed by atoms with van der Waals surface area (Å²) in [6.45, 7) is 2.03. The summed E-state index contributed by atoms with van der Waals surface area (Å²) in [7, 11) is 0. The number of carbonyl (C=O) groups excluding carboxylic acids is 1. The zero-order valence-electron chi connectivity index (χ0n) is 11.8. The molecular weight excluding hydrogens is 248 g/mol. The standard InChI is InChI=1S/C17H22N2O/c20-17(16-10-12-4-1-2-6-15(12)16)19(14-7-8-14)11-13-5-3-9-18-13/h1-2,4,6,13-14,16,18H,3,5,7-11H2. The van der Waals surface area contributed by atoms with Crippen LogP contribution in [-0.2, 0) is 11.2 Å². The predicted molar refractivity (Wildman–Crippen MR) is 78.6 cm³/mol. The van der Waals surface area contributed by atoms with Crippen LogP contribution in [0.3, 0.4) is 0 Å². The van der Waals surface area contributed by atoms with E-state index in [0.717, 1.165) is 19.5 Å². The fourth-order valence-corrected chi connectivity index (χ4v) is 3.63. The van der Waals surface area contributed by atoms with Crippen molar-refractivity contribution in [1.29, 1.82) is 0 Å². The molecule has 1 aromatic carbocycles. The lowest BCUT2D eigenvalue weighted by molar-refractivity contribution is -0.134. The van der Waals surface area contributed by atoms with Gasteiger partial charge in [-0.05, 0) is 49.8 Å². The smallest absolute Gasteiger partial charge is 0.230 e. The molecule has 4 rings (SSSR count). The molecule has 1 N–H and O–H groups in total. The molecular formula is C17H22N2O. The molecule has 1 amide bonds. The van der Waals surface area contributed by atoms with Gasteiger partial charge in [0.25, 0.3) is 0 Å². The highest BCUT2D eigenvalue weighted by molar-refractivity contribution is 5.87. The SMILES string of the molecule is O=C(C1Cc2ccccc21)N(CC1CCCN1)C1CC1. The number of carbonyl (C=O) groups is 1. The molecule has 1 saturated heterocycles. The molecule has 1 heterocycles. The molecule has 0 aromatic heterocycles. The van der Waals surface area contributed by atoms with Crippen molar-refractivity contribution >= 4 is 5.91 Å². The van der Waals surface area contributed by atoms with Gasteiger partial charge in [-0.25, -0.2) is 0 Å². The number of hydrogen-bond donors (Lipinski definition) is 1. The van der Waals surface area contributed by atoms with Crippen LogP contribution in [0.5, 0.6) is 0 Å². The predicted octanol–water partition coefficient (Wildman–Crippen LogP) is 2.07. The maximum absolute atomic E-state index is 12.9. The lowest BCUT2D eigenvalue weighted by atomic mass is 9.76. The first-order chi connectivity index (χ1) is 9.83. The molecule has 2 unspecified atom stereocenters. The summed E-state index contributed by atoms with van der Waals surface area (Å²) >= 11 is 0. The minimum atomic E-state index is 0.133. The van der Waals surface area contributed by atoms with Crippen molar-refractivity contribution in [3.8, 4) is 0 Å². The molecule has 1 aliphatic heterocycles. The molecule has 0 spiro atoms. The third kappa shape index (κ3) is 2.14. The number of rotatable bonds is 4. The van der Waals surface area contributed by atoms with Gasteiger partial charge in [-0.15, -0.1) is 0 Å². The molecule has 3 aliphatic rings. The second-order valence-electron chi connectivity index (χ2n) is 6.47. The molecule has 0 radical (unpaired) electrons. The van der Waals surface area contributed by atoms with Crippen molar-refractivity contribution < 1.29 is 4.79 Å². The Morgan fingerprint density at radius 3 is 2.80 bits per heavy atom. The van der Waals surface area contributed by atoms with E-state index in [1.54, 1.807) is 0 Å². The van der Waals surface area contributed by atoms with Gasteiger partial charge in [0.1, 0.15) is 0 Å². The Balaban J connectivity index is 1.48. The molecule has 1 aromatic rings. The van der Waals surface area contributed by atoms with Crippen molar-refractivity contribution in [3.63, 3.8) is 0 Å². The second kappa shape index (κ2) is 4.88. The number of nitrogens with one attached hydrogen (secondary N) is 1. The Kier molecular flexibility index (Phi) is 3.03. The highest BCUT2D eigenvalue weighted by Gasteiger charge is 2.41. The zero-order valence-corrected chi connectivity index (χ0v) is 11.8. The van der Waals surface area contributed by atoms with E-state index in [1.165, 1.54) is 36.8 Å². The summed E-state index contributed by atoms with van der Waals surface area (Å²) in [6, 6.07) is 9.45. The van der Waals surface area contributed by atoms with E-state index in [1.807, 2.05) is 0 Å². The van der Waals surface area contributed by atoms with Gasteiger partial charge >= 0.3 is 0 Å². The number of hydrogen-bond acceptors (Lipinski definition) is 2. The lowest BCUT2D eigenvalue weighted by Gasteiger charge is -2.35. The summed E-state index contributed by atoms with van der Waals surface area (Å²) in [4.78, 5) is 15.0. The Morgan fingerprint density at radius 1 is 1.25 bits per heavy atom. The van der Waals surface area contributed by atoms with Gasteiger partial charge in [0.05, 0.1) is 5.92 Å². The van der Waals surface area contributed by atoms with E-state index < -0.39 is 0 Å². The summed E-state index contributed by atoms with van der Waals surface area (Å²) in [5.74, 6) is 0.508.